The predicted molar refractivity (Wildman–Crippen MR) is 127 cm³/mol. The normalized spacial score (nSPS) is 18.1. The quantitative estimate of drug-likeness (QED) is 0.672. The molecule has 2 saturated heterocycles. The number of carbonyl (C=O) groups excluding carboxylic acids is 1. The Labute approximate surface area is 189 Å². The van der Waals surface area contributed by atoms with Gasteiger partial charge in [-0.15, -0.1) is 0 Å². The number of hydrogen-bond donors (Lipinski definition) is 1. The van der Waals surface area contributed by atoms with Crippen LogP contribution in [-0.4, -0.2) is 61.2 Å². The number of fused-ring (bicyclic) bond motifs is 1. The third-order valence-corrected chi connectivity index (χ3v) is 6.50. The van der Waals surface area contributed by atoms with Crippen molar-refractivity contribution in [1.82, 2.24) is 15.2 Å². The summed E-state index contributed by atoms with van der Waals surface area (Å²) < 4.78 is 5.48. The first kappa shape index (κ1) is 20.9. The van der Waals surface area contributed by atoms with Crippen LogP contribution in [0.1, 0.15) is 28.8 Å². The van der Waals surface area contributed by atoms with Gasteiger partial charge in [0, 0.05) is 50.3 Å². The fourth-order valence-corrected chi connectivity index (χ4v) is 4.73. The first-order valence-electron chi connectivity index (χ1n) is 11.6. The molecule has 166 valence electrons. The van der Waals surface area contributed by atoms with Crippen LogP contribution in [-0.2, 0) is 11.3 Å². The molecular formula is C26H30N4O2. The summed E-state index contributed by atoms with van der Waals surface area (Å²) in [6, 6.07) is 18.9. The highest BCUT2D eigenvalue weighted by molar-refractivity contribution is 6.09. The Morgan fingerprint density at radius 3 is 2.38 bits per heavy atom. The highest BCUT2D eigenvalue weighted by atomic mass is 16.5. The number of carbonyl (C=O) groups is 1. The number of piperidine rings is 1. The fourth-order valence-electron chi connectivity index (χ4n) is 4.73. The van der Waals surface area contributed by atoms with Crippen LogP contribution in [0.3, 0.4) is 0 Å². The minimum absolute atomic E-state index is 0.0243. The molecule has 2 fully saturated rings. The van der Waals surface area contributed by atoms with E-state index in [-0.39, 0.29) is 11.9 Å². The second-order valence-corrected chi connectivity index (χ2v) is 8.65. The van der Waals surface area contributed by atoms with Gasteiger partial charge in [-0.05, 0) is 23.8 Å². The van der Waals surface area contributed by atoms with Gasteiger partial charge in [-0.2, -0.15) is 0 Å². The smallest absolute Gasteiger partial charge is 0.253 e. The summed E-state index contributed by atoms with van der Waals surface area (Å²) in [6.45, 7) is 6.03. The molecule has 2 aliphatic rings. The van der Waals surface area contributed by atoms with Crippen LogP contribution in [0.15, 0.2) is 60.8 Å². The van der Waals surface area contributed by atoms with Crippen molar-refractivity contribution in [2.24, 2.45) is 0 Å². The maximum absolute atomic E-state index is 13.2. The Balaban J connectivity index is 1.25. The predicted octanol–water partition coefficient (Wildman–Crippen LogP) is 3.47. The fraction of sp³-hybridized carbons (Fsp3) is 0.385. The molecule has 1 amide bonds. The van der Waals surface area contributed by atoms with Gasteiger partial charge in [0.2, 0.25) is 0 Å². The molecule has 0 radical (unpaired) electrons. The number of likely N-dealkylation sites (tertiary alicyclic amines) is 1. The van der Waals surface area contributed by atoms with E-state index in [1.807, 2.05) is 18.2 Å². The number of nitrogens with zero attached hydrogens (tertiary/aromatic N) is 3. The molecule has 3 aromatic rings. The van der Waals surface area contributed by atoms with Crippen LogP contribution in [0, 0.1) is 0 Å². The Hall–Kier alpha value is -2.96. The van der Waals surface area contributed by atoms with E-state index in [9.17, 15) is 4.79 Å². The molecule has 3 heterocycles. The van der Waals surface area contributed by atoms with Crippen molar-refractivity contribution in [3.05, 3.63) is 71.9 Å². The monoisotopic (exact) mass is 430 g/mol. The van der Waals surface area contributed by atoms with Gasteiger partial charge in [0.25, 0.3) is 5.91 Å². The Bertz CT molecular complexity index is 1060. The van der Waals surface area contributed by atoms with Crippen LogP contribution in [0.5, 0.6) is 0 Å². The molecule has 0 unspecified atom stereocenters. The molecule has 0 spiro atoms. The number of amides is 1. The molecular weight excluding hydrogens is 400 g/mol. The lowest BCUT2D eigenvalue weighted by molar-refractivity contribution is 0.0910. The van der Waals surface area contributed by atoms with Crippen molar-refractivity contribution >= 4 is 22.5 Å². The van der Waals surface area contributed by atoms with Crippen LogP contribution in [0.2, 0.25) is 0 Å². The molecule has 5 rings (SSSR count). The Kier molecular flexibility index (Phi) is 6.32. The second-order valence-electron chi connectivity index (χ2n) is 8.65. The lowest BCUT2D eigenvalue weighted by Crippen LogP contribution is -2.44. The van der Waals surface area contributed by atoms with Gasteiger partial charge < -0.3 is 15.0 Å². The minimum atomic E-state index is -0.0243. The van der Waals surface area contributed by atoms with E-state index in [2.05, 4.69) is 51.5 Å². The highest BCUT2D eigenvalue weighted by Crippen LogP contribution is 2.28. The summed E-state index contributed by atoms with van der Waals surface area (Å²) >= 11 is 0. The summed E-state index contributed by atoms with van der Waals surface area (Å²) in [5, 5.41) is 5.26. The van der Waals surface area contributed by atoms with E-state index in [1.165, 1.54) is 5.56 Å². The number of ether oxygens (including phenoxy) is 1. The molecule has 0 atom stereocenters. The van der Waals surface area contributed by atoms with Crippen molar-refractivity contribution in [2.75, 3.05) is 44.3 Å². The number of anilines is 1. The van der Waals surface area contributed by atoms with Crippen LogP contribution in [0.25, 0.3) is 10.8 Å². The van der Waals surface area contributed by atoms with Gasteiger partial charge in [-0.3, -0.25) is 9.69 Å². The van der Waals surface area contributed by atoms with Crippen molar-refractivity contribution in [3.63, 3.8) is 0 Å². The molecule has 1 N–H and O–H groups in total. The first-order valence-corrected chi connectivity index (χ1v) is 11.6. The standard InChI is InChI=1S/C26H30N4O2/c31-26(28-21-10-12-29(13-11-21)19-20-6-2-1-3-7-20)24-18-27-25(30-14-16-32-17-15-30)23-9-5-4-8-22(23)24/h1-9,18,21H,10-17,19H2,(H,28,31). The lowest BCUT2D eigenvalue weighted by atomic mass is 10.0. The largest absolute Gasteiger partial charge is 0.378 e. The Morgan fingerprint density at radius 1 is 0.938 bits per heavy atom. The summed E-state index contributed by atoms with van der Waals surface area (Å²) in [4.78, 5) is 22.6. The van der Waals surface area contributed by atoms with E-state index in [0.29, 0.717) is 18.8 Å². The SMILES string of the molecule is O=C(NC1CCN(Cc2ccccc2)CC1)c1cnc(N2CCOCC2)c2ccccc12. The highest BCUT2D eigenvalue weighted by Gasteiger charge is 2.23. The van der Waals surface area contributed by atoms with Gasteiger partial charge in [0.1, 0.15) is 5.82 Å². The zero-order chi connectivity index (χ0) is 21.8. The van der Waals surface area contributed by atoms with Crippen LogP contribution >= 0.6 is 0 Å². The van der Waals surface area contributed by atoms with Crippen molar-refractivity contribution in [2.45, 2.75) is 25.4 Å². The van der Waals surface area contributed by atoms with Crippen LogP contribution < -0.4 is 10.2 Å². The molecule has 2 aliphatic heterocycles. The molecule has 6 heteroatoms. The minimum Gasteiger partial charge on any atom is -0.378 e. The zero-order valence-corrected chi connectivity index (χ0v) is 18.4. The van der Waals surface area contributed by atoms with E-state index in [4.69, 9.17) is 9.72 Å². The van der Waals surface area contributed by atoms with E-state index in [1.54, 1.807) is 6.20 Å². The number of rotatable bonds is 5. The van der Waals surface area contributed by atoms with Gasteiger partial charge in [-0.25, -0.2) is 4.98 Å². The lowest BCUT2D eigenvalue weighted by Gasteiger charge is -2.32. The molecule has 6 nitrogen and oxygen atoms in total. The van der Waals surface area contributed by atoms with Gasteiger partial charge in [0.15, 0.2) is 0 Å². The maximum atomic E-state index is 13.2. The molecule has 0 saturated carbocycles. The van der Waals surface area contributed by atoms with Crippen molar-refractivity contribution < 1.29 is 9.53 Å². The van der Waals surface area contributed by atoms with E-state index in [0.717, 1.165) is 62.2 Å². The molecule has 0 bridgehead atoms. The van der Waals surface area contributed by atoms with Crippen LogP contribution in [0.4, 0.5) is 5.82 Å². The van der Waals surface area contributed by atoms with E-state index >= 15 is 0 Å². The number of benzene rings is 2. The molecule has 0 aliphatic carbocycles. The third-order valence-electron chi connectivity index (χ3n) is 6.50. The number of hydrogen-bond acceptors (Lipinski definition) is 5. The van der Waals surface area contributed by atoms with Gasteiger partial charge in [0.05, 0.1) is 18.8 Å². The van der Waals surface area contributed by atoms with Gasteiger partial charge in [-0.1, -0.05) is 54.6 Å². The topological polar surface area (TPSA) is 57.7 Å². The first-order chi connectivity index (χ1) is 15.8. The Morgan fingerprint density at radius 2 is 1.62 bits per heavy atom. The zero-order valence-electron chi connectivity index (χ0n) is 18.4. The molecule has 2 aromatic carbocycles. The summed E-state index contributed by atoms with van der Waals surface area (Å²) in [5.74, 6) is 0.915. The average Bonchev–Trinajstić information content (AvgIpc) is 2.86. The third kappa shape index (κ3) is 4.61. The summed E-state index contributed by atoms with van der Waals surface area (Å²) in [7, 11) is 0. The number of morpholine rings is 1. The average molecular weight is 431 g/mol. The molecule has 32 heavy (non-hydrogen) atoms. The summed E-state index contributed by atoms with van der Waals surface area (Å²) in [5.41, 5.74) is 2.00. The number of pyridine rings is 1. The number of aromatic nitrogens is 1. The summed E-state index contributed by atoms with van der Waals surface area (Å²) in [6.07, 6.45) is 3.68. The maximum Gasteiger partial charge on any atom is 0.253 e. The van der Waals surface area contributed by atoms with Crippen molar-refractivity contribution in [3.8, 4) is 0 Å². The van der Waals surface area contributed by atoms with Gasteiger partial charge >= 0.3 is 0 Å². The number of nitrogens with one attached hydrogen (secondary N) is 1. The van der Waals surface area contributed by atoms with E-state index < -0.39 is 0 Å². The molecule has 1 aromatic heterocycles. The van der Waals surface area contributed by atoms with Crippen molar-refractivity contribution in [1.29, 1.82) is 0 Å². The second kappa shape index (κ2) is 9.67.